The van der Waals surface area contributed by atoms with Crippen molar-refractivity contribution in [1.82, 2.24) is 0 Å². The Morgan fingerprint density at radius 2 is 1.15 bits per heavy atom. The zero-order valence-corrected chi connectivity index (χ0v) is 27.8. The Kier molecular flexibility index (Phi) is 10.4. The van der Waals surface area contributed by atoms with Crippen molar-refractivity contribution in [1.29, 1.82) is 0 Å². The highest BCUT2D eigenvalue weighted by Gasteiger charge is 2.16. The summed E-state index contributed by atoms with van der Waals surface area (Å²) < 4.78 is 34.9. The maximum absolute atomic E-state index is 11.7. The summed E-state index contributed by atoms with van der Waals surface area (Å²) in [4.78, 5) is 4.47. The molecule has 1 aliphatic carbocycles. The second kappa shape index (κ2) is 14.6. The number of hydrogen-bond acceptors (Lipinski definition) is 4. The Hall–Kier alpha value is -4.72. The quantitative estimate of drug-likeness (QED) is 0.136. The average molecular weight is 633 g/mol. The minimum absolute atomic E-state index is 0.0935. The normalized spacial score (nSPS) is 12.7. The van der Waals surface area contributed by atoms with Gasteiger partial charge in [0.25, 0.3) is 10.1 Å². The zero-order valence-electron chi connectivity index (χ0n) is 27.0. The number of anilines is 2. The Bertz CT molecular complexity index is 1870. The fourth-order valence-corrected chi connectivity index (χ4v) is 6.25. The molecule has 0 radical (unpaired) electrons. The third kappa shape index (κ3) is 7.91. The molecular formula is C39H42N3O3S+. The minimum Gasteiger partial charge on any atom is -0.367 e. The van der Waals surface area contributed by atoms with Gasteiger partial charge in [0.15, 0.2) is 5.71 Å². The standard InChI is InChI=1S/C39H41N3O3S/c1-5-41(28-30-11-8-7-9-12-30)36-23-17-33(18-24-36)39(32-15-21-35(22-16-32)40(3)4)34-19-25-37(26-20-34)42(6-2)29-31-13-10-14-38(27-31)46(43,44)45/h7-27H,5-6,28-29H2,1-4H3/p+1. The topological polar surface area (TPSA) is 63.9 Å². The van der Waals surface area contributed by atoms with Crippen LogP contribution in [-0.2, 0) is 23.2 Å². The summed E-state index contributed by atoms with van der Waals surface area (Å²) in [6.07, 6.45) is 8.66. The van der Waals surface area contributed by atoms with E-state index in [9.17, 15) is 13.0 Å². The maximum atomic E-state index is 11.7. The van der Waals surface area contributed by atoms with Crippen molar-refractivity contribution >= 4 is 32.8 Å². The van der Waals surface area contributed by atoms with E-state index in [1.165, 1.54) is 23.4 Å². The summed E-state index contributed by atoms with van der Waals surface area (Å²) in [7, 11) is -0.166. The van der Waals surface area contributed by atoms with Crippen LogP contribution in [0.15, 0.2) is 138 Å². The first-order valence-corrected chi connectivity index (χ1v) is 17.1. The maximum Gasteiger partial charge on any atom is 0.294 e. The molecule has 0 heterocycles. The Balaban J connectivity index is 1.46. The van der Waals surface area contributed by atoms with Gasteiger partial charge < -0.3 is 9.80 Å². The van der Waals surface area contributed by atoms with Crippen LogP contribution in [0.5, 0.6) is 0 Å². The minimum atomic E-state index is -4.26. The van der Waals surface area contributed by atoms with Crippen LogP contribution in [0, 0.1) is 0 Å². The summed E-state index contributed by atoms with van der Waals surface area (Å²) in [6, 6.07) is 34.4. The lowest BCUT2D eigenvalue weighted by Crippen LogP contribution is -2.22. The monoisotopic (exact) mass is 632 g/mol. The summed E-state index contributed by atoms with van der Waals surface area (Å²) >= 11 is 0. The Morgan fingerprint density at radius 3 is 1.63 bits per heavy atom. The first-order chi connectivity index (χ1) is 22.2. The summed E-state index contributed by atoms with van der Waals surface area (Å²) in [5.41, 5.74) is 9.98. The van der Waals surface area contributed by atoms with Gasteiger partial charge in [-0.25, -0.2) is 4.58 Å². The van der Waals surface area contributed by atoms with Gasteiger partial charge in [0, 0.05) is 49.7 Å². The molecule has 4 aromatic carbocycles. The van der Waals surface area contributed by atoms with Gasteiger partial charge in [-0.1, -0.05) is 66.7 Å². The van der Waals surface area contributed by atoms with Gasteiger partial charge in [0.05, 0.1) is 4.90 Å². The van der Waals surface area contributed by atoms with Crippen LogP contribution in [0.1, 0.15) is 36.1 Å². The van der Waals surface area contributed by atoms with Crippen molar-refractivity contribution in [2.24, 2.45) is 0 Å². The van der Waals surface area contributed by atoms with Crippen molar-refractivity contribution in [2.75, 3.05) is 37.0 Å². The number of nitrogens with zero attached hydrogens (tertiary/aromatic N) is 3. The molecule has 1 N–H and O–H groups in total. The fraction of sp³-hybridized carbons (Fsp3) is 0.205. The third-order valence-electron chi connectivity index (χ3n) is 8.26. The third-order valence-corrected chi connectivity index (χ3v) is 9.11. The highest BCUT2D eigenvalue weighted by Crippen LogP contribution is 2.33. The molecule has 0 fully saturated rings. The molecule has 1 aliphatic rings. The van der Waals surface area contributed by atoms with E-state index in [1.807, 2.05) is 20.2 Å². The molecule has 0 unspecified atom stereocenters. The molecule has 6 nitrogen and oxygen atoms in total. The van der Waals surface area contributed by atoms with Crippen molar-refractivity contribution in [3.8, 4) is 0 Å². The molecule has 4 aromatic rings. The van der Waals surface area contributed by atoms with Crippen molar-refractivity contribution < 1.29 is 17.5 Å². The highest BCUT2D eigenvalue weighted by atomic mass is 32.2. The highest BCUT2D eigenvalue weighted by molar-refractivity contribution is 7.85. The van der Waals surface area contributed by atoms with Gasteiger partial charge in [0.2, 0.25) is 0 Å². The molecule has 0 saturated carbocycles. The molecule has 0 aromatic heterocycles. The zero-order chi connectivity index (χ0) is 32.7. The molecule has 236 valence electrons. The average Bonchev–Trinajstić information content (AvgIpc) is 3.07. The molecule has 0 saturated heterocycles. The predicted octanol–water partition coefficient (Wildman–Crippen LogP) is 7.63. The molecule has 0 bridgehead atoms. The molecule has 0 amide bonds. The van der Waals surface area contributed by atoms with E-state index in [2.05, 4.69) is 131 Å². The van der Waals surface area contributed by atoms with E-state index in [-0.39, 0.29) is 4.90 Å². The fourth-order valence-electron chi connectivity index (χ4n) is 5.70. The smallest absolute Gasteiger partial charge is 0.294 e. The van der Waals surface area contributed by atoms with Gasteiger partial charge in [-0.3, -0.25) is 4.55 Å². The van der Waals surface area contributed by atoms with Gasteiger partial charge in [-0.15, -0.1) is 0 Å². The predicted molar refractivity (Wildman–Crippen MR) is 190 cm³/mol. The number of rotatable bonds is 11. The van der Waals surface area contributed by atoms with Crippen molar-refractivity contribution in [3.05, 3.63) is 155 Å². The van der Waals surface area contributed by atoms with Crippen molar-refractivity contribution in [2.45, 2.75) is 31.8 Å². The molecule has 0 atom stereocenters. The Labute approximate surface area is 273 Å². The summed E-state index contributed by atoms with van der Waals surface area (Å²) in [5, 5.41) is 0. The summed E-state index contributed by atoms with van der Waals surface area (Å²) in [5.74, 6) is 0. The van der Waals surface area contributed by atoms with Crippen LogP contribution in [-0.4, -0.2) is 50.4 Å². The van der Waals surface area contributed by atoms with Crippen LogP contribution in [0.25, 0.3) is 5.57 Å². The first kappa shape index (κ1) is 32.7. The lowest BCUT2D eigenvalue weighted by atomic mass is 9.90. The Morgan fingerprint density at radius 1 is 0.652 bits per heavy atom. The van der Waals surface area contributed by atoms with Crippen LogP contribution in [0.4, 0.5) is 11.4 Å². The van der Waals surface area contributed by atoms with Crippen LogP contribution in [0.3, 0.4) is 0 Å². The van der Waals surface area contributed by atoms with Gasteiger partial charge >= 0.3 is 0 Å². The molecule has 0 aliphatic heterocycles. The van der Waals surface area contributed by atoms with E-state index in [4.69, 9.17) is 0 Å². The van der Waals surface area contributed by atoms with E-state index in [1.54, 1.807) is 6.07 Å². The van der Waals surface area contributed by atoms with E-state index in [0.29, 0.717) is 6.54 Å². The largest absolute Gasteiger partial charge is 0.367 e. The van der Waals surface area contributed by atoms with Crippen molar-refractivity contribution in [3.63, 3.8) is 0 Å². The van der Waals surface area contributed by atoms with Crippen LogP contribution in [0.2, 0.25) is 0 Å². The molecular weight excluding hydrogens is 591 g/mol. The summed E-state index contributed by atoms with van der Waals surface area (Å²) in [6.45, 7) is 7.27. The van der Waals surface area contributed by atoms with E-state index >= 15 is 0 Å². The number of hydrogen-bond donors (Lipinski definition) is 1. The van der Waals surface area contributed by atoms with E-state index in [0.717, 1.165) is 58.9 Å². The second-order valence-corrected chi connectivity index (χ2v) is 13.0. The SMILES string of the molecule is CCN(Cc1ccccc1)c1ccc(C(=C2C=CC(=[N+](C)C)C=C2)c2ccc(N(CC)Cc3cccc(S(=O)(=O)O)c3)cc2)cc1. The molecule has 0 spiro atoms. The number of allylic oxidation sites excluding steroid dienone is 5. The second-order valence-electron chi connectivity index (χ2n) is 11.5. The van der Waals surface area contributed by atoms with Crippen LogP contribution >= 0.6 is 0 Å². The number of benzene rings is 4. The van der Waals surface area contributed by atoms with Gasteiger partial charge in [-0.05, 0) is 95.8 Å². The lowest BCUT2D eigenvalue weighted by molar-refractivity contribution is -0.462. The molecule has 7 heteroatoms. The molecule has 46 heavy (non-hydrogen) atoms. The van der Waals surface area contributed by atoms with Gasteiger partial charge in [-0.2, -0.15) is 8.42 Å². The molecule has 5 rings (SSSR count). The first-order valence-electron chi connectivity index (χ1n) is 15.6. The van der Waals surface area contributed by atoms with Crippen LogP contribution < -0.4 is 9.80 Å². The lowest BCUT2D eigenvalue weighted by Gasteiger charge is -2.25. The van der Waals surface area contributed by atoms with E-state index < -0.39 is 10.1 Å². The van der Waals surface area contributed by atoms with Gasteiger partial charge in [0.1, 0.15) is 14.1 Å².